The first-order valence-corrected chi connectivity index (χ1v) is 4.52. The Balaban J connectivity index is 0.000000720. The van der Waals surface area contributed by atoms with Gasteiger partial charge in [-0.2, -0.15) is 0 Å². The van der Waals surface area contributed by atoms with Crippen molar-refractivity contribution < 1.29 is 1.43 Å². The van der Waals surface area contributed by atoms with Gasteiger partial charge in [-0.1, -0.05) is 43.2 Å². The molecular formula is C11H15+. The van der Waals surface area contributed by atoms with Gasteiger partial charge in [0.25, 0.3) is 0 Å². The van der Waals surface area contributed by atoms with E-state index in [1.165, 1.54) is 25.7 Å². The van der Waals surface area contributed by atoms with Crippen LogP contribution in [0.4, 0.5) is 0 Å². The van der Waals surface area contributed by atoms with Crippen molar-refractivity contribution in [2.24, 2.45) is 0 Å². The van der Waals surface area contributed by atoms with Crippen LogP contribution in [0.5, 0.6) is 0 Å². The summed E-state index contributed by atoms with van der Waals surface area (Å²) in [7, 11) is 0. The smallest absolute Gasteiger partial charge is 0.0622 e. The SMILES string of the molecule is [H+].c1ccc(C2CCCC2)cc1. The predicted octanol–water partition coefficient (Wildman–Crippen LogP) is 3.46. The molecule has 0 atom stereocenters. The first-order valence-electron chi connectivity index (χ1n) is 4.52. The lowest BCUT2D eigenvalue weighted by atomic mass is 9.98. The summed E-state index contributed by atoms with van der Waals surface area (Å²) in [5.41, 5.74) is 1.55. The van der Waals surface area contributed by atoms with Crippen molar-refractivity contribution in [3.63, 3.8) is 0 Å². The van der Waals surface area contributed by atoms with E-state index in [9.17, 15) is 0 Å². The Hall–Kier alpha value is -0.780. The minimum absolute atomic E-state index is 0. The van der Waals surface area contributed by atoms with E-state index in [0.717, 1.165) is 5.92 Å². The van der Waals surface area contributed by atoms with Gasteiger partial charge in [0.05, 0.1) is 0 Å². The van der Waals surface area contributed by atoms with E-state index >= 15 is 0 Å². The summed E-state index contributed by atoms with van der Waals surface area (Å²) in [4.78, 5) is 0. The van der Waals surface area contributed by atoms with Crippen molar-refractivity contribution in [1.29, 1.82) is 0 Å². The van der Waals surface area contributed by atoms with E-state index in [0.29, 0.717) is 0 Å². The van der Waals surface area contributed by atoms with Gasteiger partial charge in [-0.15, -0.1) is 0 Å². The van der Waals surface area contributed by atoms with Crippen LogP contribution in [0, 0.1) is 0 Å². The number of benzene rings is 1. The van der Waals surface area contributed by atoms with Gasteiger partial charge in [0.15, 0.2) is 0 Å². The van der Waals surface area contributed by atoms with E-state index in [4.69, 9.17) is 0 Å². The second-order valence-electron chi connectivity index (χ2n) is 3.39. The van der Waals surface area contributed by atoms with Crippen LogP contribution in [0.1, 0.15) is 38.6 Å². The molecular weight excluding hydrogens is 132 g/mol. The summed E-state index contributed by atoms with van der Waals surface area (Å²) in [6.45, 7) is 0. The van der Waals surface area contributed by atoms with Gasteiger partial charge in [-0.3, -0.25) is 0 Å². The van der Waals surface area contributed by atoms with Crippen LogP contribution >= 0.6 is 0 Å². The topological polar surface area (TPSA) is 0 Å². The van der Waals surface area contributed by atoms with Crippen LogP contribution in [-0.4, -0.2) is 0 Å². The number of rotatable bonds is 1. The fourth-order valence-corrected chi connectivity index (χ4v) is 1.98. The molecule has 1 aromatic rings. The van der Waals surface area contributed by atoms with Gasteiger partial charge in [0.2, 0.25) is 0 Å². The van der Waals surface area contributed by atoms with Gasteiger partial charge in [0.1, 0.15) is 0 Å². The molecule has 2 rings (SSSR count). The molecule has 1 saturated carbocycles. The molecule has 58 valence electrons. The van der Waals surface area contributed by atoms with E-state index < -0.39 is 0 Å². The quantitative estimate of drug-likeness (QED) is 0.570. The number of hydrogen-bond donors (Lipinski definition) is 0. The second-order valence-corrected chi connectivity index (χ2v) is 3.39. The van der Waals surface area contributed by atoms with Gasteiger partial charge in [-0.25, -0.2) is 0 Å². The molecule has 0 bridgehead atoms. The van der Waals surface area contributed by atoms with Gasteiger partial charge in [-0.05, 0) is 24.3 Å². The molecule has 1 aromatic carbocycles. The summed E-state index contributed by atoms with van der Waals surface area (Å²) in [6, 6.07) is 10.9. The maximum absolute atomic E-state index is 2.26. The average molecular weight is 147 g/mol. The molecule has 0 heterocycles. The molecule has 0 radical (unpaired) electrons. The highest BCUT2D eigenvalue weighted by atomic mass is 14.2. The molecule has 11 heavy (non-hydrogen) atoms. The lowest BCUT2D eigenvalue weighted by molar-refractivity contribution is 0.723. The highest BCUT2D eigenvalue weighted by Crippen LogP contribution is 2.33. The van der Waals surface area contributed by atoms with Crippen molar-refractivity contribution in [1.82, 2.24) is 0 Å². The van der Waals surface area contributed by atoms with Gasteiger partial charge >= 0.3 is 1.43 Å². The molecule has 1 aliphatic rings. The Kier molecular flexibility index (Phi) is 1.93. The molecule has 0 N–H and O–H groups in total. The molecule has 0 aromatic heterocycles. The summed E-state index contributed by atoms with van der Waals surface area (Å²) < 4.78 is 0. The van der Waals surface area contributed by atoms with Gasteiger partial charge in [0, 0.05) is 0 Å². The minimum atomic E-state index is 0. The predicted molar refractivity (Wildman–Crippen MR) is 48.8 cm³/mol. The molecule has 0 aliphatic heterocycles. The van der Waals surface area contributed by atoms with Crippen LogP contribution in [0.15, 0.2) is 30.3 Å². The summed E-state index contributed by atoms with van der Waals surface area (Å²) in [5.74, 6) is 0.871. The Bertz CT molecular complexity index is 212. The first kappa shape index (κ1) is 6.90. The van der Waals surface area contributed by atoms with E-state index in [1.54, 1.807) is 5.56 Å². The normalized spacial score (nSPS) is 18.9. The highest BCUT2D eigenvalue weighted by Gasteiger charge is 2.15. The van der Waals surface area contributed by atoms with E-state index in [-0.39, 0.29) is 1.43 Å². The lowest BCUT2D eigenvalue weighted by Crippen LogP contribution is -1.89. The largest absolute Gasteiger partial charge is 1.00 e. The van der Waals surface area contributed by atoms with Crippen LogP contribution in [0.25, 0.3) is 0 Å². The fraction of sp³-hybridized carbons (Fsp3) is 0.455. The zero-order valence-corrected chi connectivity index (χ0v) is 6.79. The van der Waals surface area contributed by atoms with Crippen molar-refractivity contribution in [2.75, 3.05) is 0 Å². The molecule has 0 nitrogen and oxygen atoms in total. The highest BCUT2D eigenvalue weighted by molar-refractivity contribution is 5.19. The van der Waals surface area contributed by atoms with E-state index in [2.05, 4.69) is 30.3 Å². The average Bonchev–Trinajstić information content (AvgIpc) is 2.58. The second kappa shape index (κ2) is 3.08. The molecule has 1 fully saturated rings. The summed E-state index contributed by atoms with van der Waals surface area (Å²) in [5, 5.41) is 0. The summed E-state index contributed by atoms with van der Waals surface area (Å²) >= 11 is 0. The van der Waals surface area contributed by atoms with Crippen LogP contribution < -0.4 is 0 Å². The zero-order chi connectivity index (χ0) is 7.52. The fourth-order valence-electron chi connectivity index (χ4n) is 1.98. The van der Waals surface area contributed by atoms with Crippen LogP contribution in [0.3, 0.4) is 0 Å². The maximum atomic E-state index is 2.26. The van der Waals surface area contributed by atoms with Crippen molar-refractivity contribution in [3.05, 3.63) is 35.9 Å². The molecule has 0 amide bonds. The van der Waals surface area contributed by atoms with Crippen LogP contribution in [-0.2, 0) is 0 Å². The van der Waals surface area contributed by atoms with Crippen molar-refractivity contribution in [3.8, 4) is 0 Å². The molecule has 0 spiro atoms. The Morgan fingerprint density at radius 3 is 2.27 bits per heavy atom. The number of hydrogen-bond acceptors (Lipinski definition) is 0. The van der Waals surface area contributed by atoms with Crippen molar-refractivity contribution >= 4 is 0 Å². The van der Waals surface area contributed by atoms with Crippen molar-refractivity contribution in [2.45, 2.75) is 31.6 Å². The standard InChI is InChI=1S/C11H14/c1-2-6-10(7-3-1)11-8-4-5-9-11/h1-3,6-7,11H,4-5,8-9H2/p+1. The first-order chi connectivity index (χ1) is 5.47. The molecule has 0 saturated heterocycles. The van der Waals surface area contributed by atoms with Crippen LogP contribution in [0.2, 0.25) is 0 Å². The summed E-state index contributed by atoms with van der Waals surface area (Å²) in [6.07, 6.45) is 5.67. The third-order valence-corrected chi connectivity index (χ3v) is 2.63. The van der Waals surface area contributed by atoms with E-state index in [1.807, 2.05) is 0 Å². The maximum Gasteiger partial charge on any atom is 1.00 e. The third kappa shape index (κ3) is 1.45. The van der Waals surface area contributed by atoms with Gasteiger partial charge < -0.3 is 0 Å². The third-order valence-electron chi connectivity index (χ3n) is 2.63. The lowest BCUT2D eigenvalue weighted by Gasteiger charge is -2.07. The molecule has 0 unspecified atom stereocenters. The minimum Gasteiger partial charge on any atom is -0.0622 e. The Morgan fingerprint density at radius 2 is 1.64 bits per heavy atom. The monoisotopic (exact) mass is 147 g/mol. The molecule has 1 aliphatic carbocycles. The Morgan fingerprint density at radius 1 is 1.00 bits per heavy atom. The zero-order valence-electron chi connectivity index (χ0n) is 7.79. The Labute approximate surface area is 69.7 Å². The molecule has 0 heteroatoms.